The molecular weight excluding hydrogens is 184 g/mol. The number of unbranched alkanes of at least 4 members (excludes halogenated alkanes) is 3. The third-order valence-corrected chi connectivity index (χ3v) is 3.59. The van der Waals surface area contributed by atoms with Gasteiger partial charge in [0, 0.05) is 0 Å². The Hall–Kier alpha value is -0.590. The van der Waals surface area contributed by atoms with Crippen LogP contribution in [-0.4, -0.2) is 6.29 Å². The lowest BCUT2D eigenvalue weighted by Crippen LogP contribution is -2.15. The van der Waals surface area contributed by atoms with E-state index < -0.39 is 0 Å². The molecule has 1 rings (SSSR count). The van der Waals surface area contributed by atoms with Gasteiger partial charge in [-0.2, -0.15) is 0 Å². The second-order valence-electron chi connectivity index (χ2n) is 4.89. The molecular formula is C14H24O. The van der Waals surface area contributed by atoms with Crippen LogP contribution in [0.3, 0.4) is 0 Å². The number of carbonyl (C=O) groups is 1. The van der Waals surface area contributed by atoms with Gasteiger partial charge in [-0.1, -0.05) is 45.6 Å². The second kappa shape index (κ2) is 6.81. The summed E-state index contributed by atoms with van der Waals surface area (Å²) in [7, 11) is 0. The van der Waals surface area contributed by atoms with Crippen molar-refractivity contribution in [1.29, 1.82) is 0 Å². The third kappa shape index (κ3) is 4.19. The summed E-state index contributed by atoms with van der Waals surface area (Å²) in [4.78, 5) is 10.7. The van der Waals surface area contributed by atoms with Crippen molar-refractivity contribution in [3.05, 3.63) is 11.6 Å². The number of hydrogen-bond acceptors (Lipinski definition) is 1. The van der Waals surface area contributed by atoms with Crippen LogP contribution in [0.1, 0.15) is 58.8 Å². The van der Waals surface area contributed by atoms with Gasteiger partial charge in [0.05, 0.1) is 0 Å². The number of aldehydes is 1. The third-order valence-electron chi connectivity index (χ3n) is 3.59. The van der Waals surface area contributed by atoms with Crippen LogP contribution in [-0.2, 0) is 4.79 Å². The number of carbonyl (C=O) groups excluding carboxylic acids is 1. The monoisotopic (exact) mass is 208 g/mol. The van der Waals surface area contributed by atoms with Crippen LogP contribution in [0.25, 0.3) is 0 Å². The molecule has 0 saturated heterocycles. The zero-order chi connectivity index (χ0) is 11.1. The van der Waals surface area contributed by atoms with Crippen molar-refractivity contribution in [2.75, 3.05) is 0 Å². The molecule has 1 heteroatoms. The van der Waals surface area contributed by atoms with Crippen molar-refractivity contribution in [3.8, 4) is 0 Å². The first-order valence-electron chi connectivity index (χ1n) is 6.43. The molecule has 0 N–H and O–H groups in total. The fraction of sp³-hybridized carbons (Fsp3) is 0.786. The van der Waals surface area contributed by atoms with E-state index in [4.69, 9.17) is 0 Å². The maximum atomic E-state index is 10.7. The highest BCUT2D eigenvalue weighted by Crippen LogP contribution is 2.31. The van der Waals surface area contributed by atoms with Gasteiger partial charge in [0.25, 0.3) is 0 Å². The highest BCUT2D eigenvalue weighted by molar-refractivity contribution is 5.73. The zero-order valence-corrected chi connectivity index (χ0v) is 10.2. The van der Waals surface area contributed by atoms with Crippen molar-refractivity contribution >= 4 is 6.29 Å². The molecule has 0 aromatic carbocycles. The fourth-order valence-electron chi connectivity index (χ4n) is 2.40. The predicted molar refractivity (Wildman–Crippen MR) is 64.8 cm³/mol. The van der Waals surface area contributed by atoms with Crippen molar-refractivity contribution < 1.29 is 4.79 Å². The van der Waals surface area contributed by atoms with Gasteiger partial charge in [0.15, 0.2) is 0 Å². The van der Waals surface area contributed by atoms with Gasteiger partial charge in [0.1, 0.15) is 6.29 Å². The Morgan fingerprint density at radius 1 is 1.40 bits per heavy atom. The summed E-state index contributed by atoms with van der Waals surface area (Å²) in [5.41, 5.74) is 1.04. The molecule has 0 aromatic rings. The molecule has 86 valence electrons. The molecule has 1 nitrogen and oxygen atoms in total. The van der Waals surface area contributed by atoms with Gasteiger partial charge in [-0.3, -0.25) is 4.79 Å². The molecule has 1 aliphatic rings. The van der Waals surface area contributed by atoms with Gasteiger partial charge in [-0.05, 0) is 36.7 Å². The summed E-state index contributed by atoms with van der Waals surface area (Å²) in [6.07, 6.45) is 12.1. The van der Waals surface area contributed by atoms with Crippen molar-refractivity contribution in [2.45, 2.75) is 58.8 Å². The predicted octanol–water partition coefficient (Wildman–Crippen LogP) is 4.13. The fourth-order valence-corrected chi connectivity index (χ4v) is 2.40. The van der Waals surface area contributed by atoms with Crippen molar-refractivity contribution in [1.82, 2.24) is 0 Å². The first-order valence-corrected chi connectivity index (χ1v) is 6.43. The molecule has 2 unspecified atom stereocenters. The first-order chi connectivity index (χ1) is 7.27. The Morgan fingerprint density at radius 3 is 2.87 bits per heavy atom. The van der Waals surface area contributed by atoms with Gasteiger partial charge in [0.2, 0.25) is 0 Å². The number of rotatable bonds is 6. The maximum absolute atomic E-state index is 10.7. The van der Waals surface area contributed by atoms with E-state index in [0.717, 1.165) is 24.2 Å². The van der Waals surface area contributed by atoms with Gasteiger partial charge in [-0.15, -0.1) is 0 Å². The molecule has 15 heavy (non-hydrogen) atoms. The largest absolute Gasteiger partial charge is 0.298 e. The van der Waals surface area contributed by atoms with Crippen LogP contribution in [0, 0.1) is 11.8 Å². The van der Waals surface area contributed by atoms with Crippen LogP contribution in [0.4, 0.5) is 0 Å². The van der Waals surface area contributed by atoms with Gasteiger partial charge in [-0.25, -0.2) is 0 Å². The lowest BCUT2D eigenvalue weighted by molar-refractivity contribution is -0.105. The summed E-state index contributed by atoms with van der Waals surface area (Å²) >= 11 is 0. The summed E-state index contributed by atoms with van der Waals surface area (Å²) in [6, 6.07) is 0. The van der Waals surface area contributed by atoms with E-state index in [0.29, 0.717) is 5.92 Å². The van der Waals surface area contributed by atoms with Crippen LogP contribution < -0.4 is 0 Å². The van der Waals surface area contributed by atoms with Gasteiger partial charge < -0.3 is 0 Å². The Morgan fingerprint density at radius 2 is 2.20 bits per heavy atom. The summed E-state index contributed by atoms with van der Waals surface area (Å²) in [6.45, 7) is 4.57. The lowest BCUT2D eigenvalue weighted by Gasteiger charge is -2.26. The molecule has 0 bridgehead atoms. The highest BCUT2D eigenvalue weighted by Gasteiger charge is 2.20. The molecule has 0 saturated carbocycles. The Kier molecular flexibility index (Phi) is 5.67. The minimum atomic E-state index is 0.663. The molecule has 0 amide bonds. The standard InChI is InChI=1S/C14H24O/c1-3-4-5-6-7-14-10-13(11-15)9-8-12(14)2/h10-12,14H,3-9H2,1-2H3. The molecule has 0 radical (unpaired) electrons. The van der Waals surface area contributed by atoms with Crippen molar-refractivity contribution in [2.24, 2.45) is 11.8 Å². The molecule has 0 aliphatic heterocycles. The van der Waals surface area contributed by atoms with Crippen LogP contribution in [0.2, 0.25) is 0 Å². The van der Waals surface area contributed by atoms with Crippen molar-refractivity contribution in [3.63, 3.8) is 0 Å². The molecule has 0 fully saturated rings. The molecule has 1 aliphatic carbocycles. The highest BCUT2D eigenvalue weighted by atomic mass is 16.1. The SMILES string of the molecule is CCCCCCC1C=C(C=O)CCC1C. The van der Waals surface area contributed by atoms with E-state index >= 15 is 0 Å². The minimum Gasteiger partial charge on any atom is -0.298 e. The molecule has 0 aromatic heterocycles. The quantitative estimate of drug-likeness (QED) is 0.474. The van der Waals surface area contributed by atoms with Gasteiger partial charge >= 0.3 is 0 Å². The normalized spacial score (nSPS) is 26.1. The average molecular weight is 208 g/mol. The number of allylic oxidation sites excluding steroid dienone is 2. The maximum Gasteiger partial charge on any atom is 0.145 e. The Balaban J connectivity index is 2.34. The average Bonchev–Trinajstić information content (AvgIpc) is 2.26. The Bertz CT molecular complexity index is 217. The van der Waals surface area contributed by atoms with Crippen LogP contribution in [0.5, 0.6) is 0 Å². The van der Waals surface area contributed by atoms with E-state index in [9.17, 15) is 4.79 Å². The van der Waals surface area contributed by atoms with E-state index in [-0.39, 0.29) is 0 Å². The summed E-state index contributed by atoms with van der Waals surface area (Å²) < 4.78 is 0. The van der Waals surface area contributed by atoms with E-state index in [1.54, 1.807) is 0 Å². The molecule has 2 atom stereocenters. The van der Waals surface area contributed by atoms with E-state index in [1.807, 2.05) is 0 Å². The first kappa shape index (κ1) is 12.5. The minimum absolute atomic E-state index is 0.663. The van der Waals surface area contributed by atoms with Crippen LogP contribution in [0.15, 0.2) is 11.6 Å². The smallest absolute Gasteiger partial charge is 0.145 e. The zero-order valence-electron chi connectivity index (χ0n) is 10.2. The molecule has 0 spiro atoms. The topological polar surface area (TPSA) is 17.1 Å². The second-order valence-corrected chi connectivity index (χ2v) is 4.89. The van der Waals surface area contributed by atoms with E-state index in [2.05, 4.69) is 19.9 Å². The molecule has 0 heterocycles. The summed E-state index contributed by atoms with van der Waals surface area (Å²) in [5, 5.41) is 0. The number of hydrogen-bond donors (Lipinski definition) is 0. The summed E-state index contributed by atoms with van der Waals surface area (Å²) in [5.74, 6) is 1.44. The van der Waals surface area contributed by atoms with E-state index in [1.165, 1.54) is 38.5 Å². The lowest BCUT2D eigenvalue weighted by atomic mass is 9.79. The van der Waals surface area contributed by atoms with Crippen LogP contribution >= 0.6 is 0 Å². The Labute approximate surface area is 93.9 Å².